The first-order chi connectivity index (χ1) is 12.5. The summed E-state index contributed by atoms with van der Waals surface area (Å²) in [4.78, 5) is 28.4. The van der Waals surface area contributed by atoms with Gasteiger partial charge in [0.25, 0.3) is 5.56 Å². The molecule has 1 aromatic carbocycles. The van der Waals surface area contributed by atoms with Crippen molar-refractivity contribution in [1.29, 1.82) is 0 Å². The Morgan fingerprint density at radius 3 is 2.85 bits per heavy atom. The van der Waals surface area contributed by atoms with E-state index in [0.29, 0.717) is 35.1 Å². The van der Waals surface area contributed by atoms with Crippen molar-refractivity contribution in [1.82, 2.24) is 9.38 Å². The van der Waals surface area contributed by atoms with Gasteiger partial charge in [-0.1, -0.05) is 26.0 Å². The van der Waals surface area contributed by atoms with Gasteiger partial charge in [0.15, 0.2) is 0 Å². The molecule has 0 atom stereocenters. The van der Waals surface area contributed by atoms with E-state index in [-0.39, 0.29) is 18.1 Å². The highest BCUT2D eigenvalue weighted by molar-refractivity contribution is 5.90. The third-order valence-electron chi connectivity index (χ3n) is 3.72. The number of benzene rings is 1. The number of nitrogens with zero attached hydrogens (tertiary/aromatic N) is 2. The van der Waals surface area contributed by atoms with Crippen LogP contribution >= 0.6 is 0 Å². The van der Waals surface area contributed by atoms with Crippen molar-refractivity contribution in [3.8, 4) is 5.75 Å². The van der Waals surface area contributed by atoms with Crippen molar-refractivity contribution < 1.29 is 9.53 Å². The van der Waals surface area contributed by atoms with E-state index in [0.717, 1.165) is 0 Å². The van der Waals surface area contributed by atoms with E-state index in [1.165, 1.54) is 10.5 Å². The fraction of sp³-hybridized carbons (Fsp3) is 0.250. The number of ether oxygens (including phenoxy) is 1. The van der Waals surface area contributed by atoms with E-state index in [1.807, 2.05) is 32.0 Å². The van der Waals surface area contributed by atoms with Gasteiger partial charge in [0.2, 0.25) is 5.91 Å². The van der Waals surface area contributed by atoms with Crippen LogP contribution in [0.15, 0.2) is 59.5 Å². The lowest BCUT2D eigenvalue weighted by atomic mass is 10.1. The molecule has 2 heterocycles. The van der Waals surface area contributed by atoms with E-state index in [1.54, 1.807) is 30.5 Å². The first-order valence-electron chi connectivity index (χ1n) is 8.51. The maximum Gasteiger partial charge on any atom is 0.258 e. The van der Waals surface area contributed by atoms with Crippen molar-refractivity contribution in [2.24, 2.45) is 5.92 Å². The molecule has 1 amide bonds. The van der Waals surface area contributed by atoms with Crippen molar-refractivity contribution in [2.45, 2.75) is 26.9 Å². The summed E-state index contributed by atoms with van der Waals surface area (Å²) < 4.78 is 7.22. The molecule has 0 saturated carbocycles. The number of carbonyl (C=O) groups is 1. The summed E-state index contributed by atoms with van der Waals surface area (Å²) in [6.07, 6.45) is 2.15. The normalized spacial score (nSPS) is 10.9. The maximum atomic E-state index is 12.1. The molecule has 0 radical (unpaired) electrons. The fourth-order valence-electron chi connectivity index (χ4n) is 2.58. The molecule has 0 aliphatic heterocycles. The Labute approximate surface area is 151 Å². The summed E-state index contributed by atoms with van der Waals surface area (Å²) in [6, 6.07) is 14.0. The molecule has 26 heavy (non-hydrogen) atoms. The average molecular weight is 351 g/mol. The van der Waals surface area contributed by atoms with Gasteiger partial charge in [-0.05, 0) is 30.2 Å². The molecule has 2 aromatic heterocycles. The Bertz CT molecular complexity index is 979. The third-order valence-corrected chi connectivity index (χ3v) is 3.72. The van der Waals surface area contributed by atoms with Crippen LogP contribution in [-0.2, 0) is 11.4 Å². The SMILES string of the molecule is CC(C)CC(=O)Nc1cccc(OCc2cc(=O)n3ccccc3n2)c1. The summed E-state index contributed by atoms with van der Waals surface area (Å²) in [5.74, 6) is 0.872. The zero-order valence-corrected chi connectivity index (χ0v) is 14.8. The van der Waals surface area contributed by atoms with Crippen molar-refractivity contribution >= 4 is 17.2 Å². The number of nitrogens with one attached hydrogen (secondary N) is 1. The molecule has 1 N–H and O–H groups in total. The molecule has 0 aliphatic carbocycles. The lowest BCUT2D eigenvalue weighted by Gasteiger charge is -2.10. The van der Waals surface area contributed by atoms with E-state index in [9.17, 15) is 9.59 Å². The maximum absolute atomic E-state index is 12.1. The van der Waals surface area contributed by atoms with E-state index < -0.39 is 0 Å². The molecule has 0 fully saturated rings. The molecule has 134 valence electrons. The van der Waals surface area contributed by atoms with Crippen LogP contribution in [0.4, 0.5) is 5.69 Å². The molecular weight excluding hydrogens is 330 g/mol. The molecule has 0 saturated heterocycles. The van der Waals surface area contributed by atoms with E-state index in [4.69, 9.17) is 4.74 Å². The molecule has 3 aromatic rings. The fourth-order valence-corrected chi connectivity index (χ4v) is 2.58. The second-order valence-corrected chi connectivity index (χ2v) is 6.48. The number of anilines is 1. The molecule has 3 rings (SSSR count). The van der Waals surface area contributed by atoms with Gasteiger partial charge in [-0.15, -0.1) is 0 Å². The average Bonchev–Trinajstić information content (AvgIpc) is 2.59. The Balaban J connectivity index is 1.69. The standard InChI is InChI=1S/C20H21N3O3/c1-14(2)10-19(24)22-15-6-5-7-17(11-15)26-13-16-12-20(25)23-9-4-3-8-18(23)21-16/h3-9,11-12,14H,10,13H2,1-2H3,(H,22,24). The van der Waals surface area contributed by atoms with Gasteiger partial charge in [-0.3, -0.25) is 14.0 Å². The lowest BCUT2D eigenvalue weighted by molar-refractivity contribution is -0.116. The number of amides is 1. The molecule has 6 heteroatoms. The first-order valence-corrected chi connectivity index (χ1v) is 8.51. The summed E-state index contributed by atoms with van der Waals surface area (Å²) >= 11 is 0. The van der Waals surface area contributed by atoms with Crippen LogP contribution in [0.5, 0.6) is 5.75 Å². The van der Waals surface area contributed by atoms with Gasteiger partial charge < -0.3 is 10.1 Å². The molecule has 0 bridgehead atoms. The second kappa shape index (κ2) is 7.82. The Morgan fingerprint density at radius 1 is 1.19 bits per heavy atom. The monoisotopic (exact) mass is 351 g/mol. The highest BCUT2D eigenvalue weighted by Crippen LogP contribution is 2.19. The van der Waals surface area contributed by atoms with Crippen molar-refractivity contribution in [3.05, 3.63) is 70.8 Å². The number of pyridine rings is 1. The molecular formula is C20H21N3O3. The van der Waals surface area contributed by atoms with Crippen LogP contribution in [0.2, 0.25) is 0 Å². The molecule has 0 spiro atoms. The Kier molecular flexibility index (Phi) is 5.31. The van der Waals surface area contributed by atoms with Gasteiger partial charge in [0.1, 0.15) is 18.0 Å². The number of fused-ring (bicyclic) bond motifs is 1. The van der Waals surface area contributed by atoms with Crippen LogP contribution in [-0.4, -0.2) is 15.3 Å². The number of carbonyl (C=O) groups excluding carboxylic acids is 1. The first kappa shape index (κ1) is 17.7. The number of hydrogen-bond acceptors (Lipinski definition) is 4. The van der Waals surface area contributed by atoms with Gasteiger partial charge in [0.05, 0.1) is 5.69 Å². The minimum Gasteiger partial charge on any atom is -0.487 e. The summed E-state index contributed by atoms with van der Waals surface area (Å²) in [7, 11) is 0. The second-order valence-electron chi connectivity index (χ2n) is 6.48. The molecule has 0 aliphatic rings. The summed E-state index contributed by atoms with van der Waals surface area (Å²) in [5.41, 5.74) is 1.66. The third kappa shape index (κ3) is 4.47. The molecule has 6 nitrogen and oxygen atoms in total. The largest absolute Gasteiger partial charge is 0.487 e. The van der Waals surface area contributed by atoms with Crippen LogP contribution in [0.25, 0.3) is 5.65 Å². The van der Waals surface area contributed by atoms with Gasteiger partial charge >= 0.3 is 0 Å². The molecule has 0 unspecified atom stereocenters. The van der Waals surface area contributed by atoms with Crippen molar-refractivity contribution in [3.63, 3.8) is 0 Å². The zero-order valence-electron chi connectivity index (χ0n) is 14.8. The van der Waals surface area contributed by atoms with E-state index >= 15 is 0 Å². The van der Waals surface area contributed by atoms with E-state index in [2.05, 4.69) is 10.3 Å². The zero-order chi connectivity index (χ0) is 18.5. The van der Waals surface area contributed by atoms with Crippen LogP contribution < -0.4 is 15.6 Å². The highest BCUT2D eigenvalue weighted by atomic mass is 16.5. The smallest absolute Gasteiger partial charge is 0.258 e. The predicted molar refractivity (Wildman–Crippen MR) is 100 cm³/mol. The van der Waals surface area contributed by atoms with Crippen LogP contribution in [0.1, 0.15) is 26.0 Å². The van der Waals surface area contributed by atoms with Crippen LogP contribution in [0.3, 0.4) is 0 Å². The van der Waals surface area contributed by atoms with Crippen molar-refractivity contribution in [2.75, 3.05) is 5.32 Å². The Hall–Kier alpha value is -3.15. The number of rotatable bonds is 6. The minimum absolute atomic E-state index is 0.0265. The Morgan fingerprint density at radius 2 is 2.04 bits per heavy atom. The highest BCUT2D eigenvalue weighted by Gasteiger charge is 2.07. The van der Waals surface area contributed by atoms with Gasteiger partial charge in [0, 0.05) is 30.4 Å². The number of hydrogen-bond donors (Lipinski definition) is 1. The lowest BCUT2D eigenvalue weighted by Crippen LogP contribution is -2.16. The predicted octanol–water partition coefficient (Wildman–Crippen LogP) is 3.26. The topological polar surface area (TPSA) is 72.7 Å². The number of aromatic nitrogens is 2. The quantitative estimate of drug-likeness (QED) is 0.740. The van der Waals surface area contributed by atoms with Gasteiger partial charge in [-0.2, -0.15) is 0 Å². The summed E-state index contributed by atoms with van der Waals surface area (Å²) in [6.45, 7) is 4.17. The minimum atomic E-state index is -0.149. The van der Waals surface area contributed by atoms with Crippen LogP contribution in [0, 0.1) is 5.92 Å². The summed E-state index contributed by atoms with van der Waals surface area (Å²) in [5, 5.41) is 2.86. The van der Waals surface area contributed by atoms with Gasteiger partial charge in [-0.25, -0.2) is 4.98 Å².